The lowest BCUT2D eigenvalue weighted by molar-refractivity contribution is 0.172. The van der Waals surface area contributed by atoms with E-state index in [-0.39, 0.29) is 5.82 Å². The Morgan fingerprint density at radius 1 is 1.05 bits per heavy atom. The van der Waals surface area contributed by atoms with Crippen molar-refractivity contribution in [2.75, 3.05) is 24.3 Å². The number of nitrogen functional groups attached to an aromatic ring is 1. The summed E-state index contributed by atoms with van der Waals surface area (Å²) in [6.07, 6.45) is 0. The van der Waals surface area contributed by atoms with Crippen molar-refractivity contribution in [3.05, 3.63) is 41.7 Å². The van der Waals surface area contributed by atoms with Crippen molar-refractivity contribution in [3.63, 3.8) is 0 Å². The molecule has 1 aliphatic rings. The maximum Gasteiger partial charge on any atom is 0.163 e. The van der Waals surface area contributed by atoms with Gasteiger partial charge in [-0.15, -0.1) is 0 Å². The fourth-order valence-corrected chi connectivity index (χ4v) is 2.13. The van der Waals surface area contributed by atoms with Crippen LogP contribution in [0.3, 0.4) is 0 Å². The zero-order valence-corrected chi connectivity index (χ0v) is 11.1. The SMILES string of the molecule is Cc1cc(F)ccc1Nc1cc2c(cc1N)OCCO2. The van der Waals surface area contributed by atoms with Gasteiger partial charge in [0.25, 0.3) is 0 Å². The van der Waals surface area contributed by atoms with E-state index in [1.54, 1.807) is 18.2 Å². The first kappa shape index (κ1) is 12.6. The van der Waals surface area contributed by atoms with Crippen molar-refractivity contribution in [2.24, 2.45) is 0 Å². The lowest BCUT2D eigenvalue weighted by atomic mass is 10.1. The molecule has 1 aliphatic heterocycles. The molecule has 3 N–H and O–H groups in total. The summed E-state index contributed by atoms with van der Waals surface area (Å²) in [6, 6.07) is 8.09. The summed E-state index contributed by atoms with van der Waals surface area (Å²) in [5, 5.41) is 3.19. The van der Waals surface area contributed by atoms with E-state index in [9.17, 15) is 4.39 Å². The standard InChI is InChI=1S/C15H15FN2O2/c1-9-6-10(16)2-3-12(9)18-13-8-15-14(7-11(13)17)19-4-5-20-15/h2-3,6-8,18H,4-5,17H2,1H3. The van der Waals surface area contributed by atoms with Crippen molar-refractivity contribution < 1.29 is 13.9 Å². The van der Waals surface area contributed by atoms with Gasteiger partial charge in [0, 0.05) is 17.8 Å². The van der Waals surface area contributed by atoms with Gasteiger partial charge >= 0.3 is 0 Å². The summed E-state index contributed by atoms with van der Waals surface area (Å²) in [6.45, 7) is 2.88. The Morgan fingerprint density at radius 3 is 2.45 bits per heavy atom. The molecule has 0 saturated heterocycles. The number of benzene rings is 2. The Kier molecular flexibility index (Phi) is 3.10. The third-order valence-corrected chi connectivity index (χ3v) is 3.17. The fourth-order valence-electron chi connectivity index (χ4n) is 2.13. The number of nitrogens with two attached hydrogens (primary N) is 1. The van der Waals surface area contributed by atoms with Gasteiger partial charge < -0.3 is 20.5 Å². The van der Waals surface area contributed by atoms with E-state index in [4.69, 9.17) is 15.2 Å². The maximum absolute atomic E-state index is 13.1. The Morgan fingerprint density at radius 2 is 1.75 bits per heavy atom. The van der Waals surface area contributed by atoms with Crippen LogP contribution in [-0.2, 0) is 0 Å². The van der Waals surface area contributed by atoms with E-state index in [0.717, 1.165) is 11.3 Å². The van der Waals surface area contributed by atoms with E-state index >= 15 is 0 Å². The molecule has 0 unspecified atom stereocenters. The van der Waals surface area contributed by atoms with Gasteiger partial charge in [-0.3, -0.25) is 0 Å². The smallest absolute Gasteiger partial charge is 0.163 e. The molecule has 1 heterocycles. The quantitative estimate of drug-likeness (QED) is 0.825. The molecule has 0 aliphatic carbocycles. The van der Waals surface area contributed by atoms with Gasteiger partial charge in [-0.2, -0.15) is 0 Å². The van der Waals surface area contributed by atoms with E-state index < -0.39 is 0 Å². The van der Waals surface area contributed by atoms with Gasteiger partial charge in [0.15, 0.2) is 11.5 Å². The monoisotopic (exact) mass is 274 g/mol. The van der Waals surface area contributed by atoms with Gasteiger partial charge in [-0.25, -0.2) is 4.39 Å². The molecule has 0 radical (unpaired) electrons. The van der Waals surface area contributed by atoms with E-state index in [1.807, 2.05) is 6.92 Å². The molecule has 20 heavy (non-hydrogen) atoms. The topological polar surface area (TPSA) is 56.5 Å². The van der Waals surface area contributed by atoms with Gasteiger partial charge in [-0.1, -0.05) is 0 Å². The highest BCUT2D eigenvalue weighted by Gasteiger charge is 2.15. The third-order valence-electron chi connectivity index (χ3n) is 3.17. The second kappa shape index (κ2) is 4.92. The van der Waals surface area contributed by atoms with E-state index in [0.29, 0.717) is 36.1 Å². The van der Waals surface area contributed by atoms with Gasteiger partial charge in [0.05, 0.1) is 11.4 Å². The first-order valence-electron chi connectivity index (χ1n) is 6.36. The lowest BCUT2D eigenvalue weighted by Crippen LogP contribution is -2.15. The highest BCUT2D eigenvalue weighted by atomic mass is 19.1. The number of fused-ring (bicyclic) bond motifs is 1. The first-order valence-corrected chi connectivity index (χ1v) is 6.36. The van der Waals surface area contributed by atoms with Gasteiger partial charge in [0.1, 0.15) is 19.0 Å². The third kappa shape index (κ3) is 2.34. The maximum atomic E-state index is 13.1. The van der Waals surface area contributed by atoms with Crippen LogP contribution < -0.4 is 20.5 Å². The van der Waals surface area contributed by atoms with Crippen molar-refractivity contribution in [2.45, 2.75) is 6.92 Å². The molecule has 0 amide bonds. The minimum absolute atomic E-state index is 0.261. The van der Waals surface area contributed by atoms with Crippen molar-refractivity contribution in [3.8, 4) is 11.5 Å². The highest BCUT2D eigenvalue weighted by Crippen LogP contribution is 2.38. The molecule has 0 bridgehead atoms. The molecule has 0 aromatic heterocycles. The molecule has 2 aromatic rings. The fraction of sp³-hybridized carbons (Fsp3) is 0.200. The van der Waals surface area contributed by atoms with Crippen LogP contribution in [0, 0.1) is 12.7 Å². The largest absolute Gasteiger partial charge is 0.486 e. The molecule has 2 aromatic carbocycles. The van der Waals surface area contributed by atoms with Crippen LogP contribution in [0.2, 0.25) is 0 Å². The van der Waals surface area contributed by atoms with Crippen molar-refractivity contribution in [1.29, 1.82) is 0 Å². The number of ether oxygens (including phenoxy) is 2. The van der Waals surface area contributed by atoms with Crippen LogP contribution >= 0.6 is 0 Å². The number of anilines is 3. The van der Waals surface area contributed by atoms with Crippen LogP contribution in [0.4, 0.5) is 21.5 Å². The molecule has 0 saturated carbocycles. The number of hydrogen-bond acceptors (Lipinski definition) is 4. The molecule has 104 valence electrons. The number of aryl methyl sites for hydroxylation is 1. The van der Waals surface area contributed by atoms with Crippen LogP contribution in [0.1, 0.15) is 5.56 Å². The Labute approximate surface area is 116 Å². The predicted octanol–water partition coefficient (Wildman–Crippen LogP) is 3.23. The van der Waals surface area contributed by atoms with Crippen molar-refractivity contribution in [1.82, 2.24) is 0 Å². The van der Waals surface area contributed by atoms with E-state index in [1.165, 1.54) is 12.1 Å². The highest BCUT2D eigenvalue weighted by molar-refractivity contribution is 5.77. The Hall–Kier alpha value is -2.43. The summed E-state index contributed by atoms with van der Waals surface area (Å²) in [4.78, 5) is 0. The van der Waals surface area contributed by atoms with Gasteiger partial charge in [-0.05, 0) is 30.7 Å². The molecule has 0 atom stereocenters. The Balaban J connectivity index is 1.94. The number of halogens is 1. The summed E-state index contributed by atoms with van der Waals surface area (Å²) in [5.74, 6) is 1.05. The summed E-state index contributed by atoms with van der Waals surface area (Å²) in [5.41, 5.74) is 8.87. The number of rotatable bonds is 2. The number of nitrogens with one attached hydrogen (secondary N) is 1. The van der Waals surface area contributed by atoms with Crippen LogP contribution in [0.5, 0.6) is 11.5 Å². The zero-order valence-electron chi connectivity index (χ0n) is 11.1. The second-order valence-electron chi connectivity index (χ2n) is 4.67. The lowest BCUT2D eigenvalue weighted by Gasteiger charge is -2.21. The molecule has 0 fully saturated rings. The van der Waals surface area contributed by atoms with Crippen LogP contribution in [0.15, 0.2) is 30.3 Å². The van der Waals surface area contributed by atoms with Crippen molar-refractivity contribution >= 4 is 17.1 Å². The Bertz CT molecular complexity index is 659. The summed E-state index contributed by atoms with van der Waals surface area (Å²) in [7, 11) is 0. The minimum Gasteiger partial charge on any atom is -0.486 e. The molecule has 3 rings (SSSR count). The average molecular weight is 274 g/mol. The van der Waals surface area contributed by atoms with Crippen LogP contribution in [0.25, 0.3) is 0 Å². The second-order valence-corrected chi connectivity index (χ2v) is 4.67. The molecular weight excluding hydrogens is 259 g/mol. The normalized spacial score (nSPS) is 13.1. The molecular formula is C15H15FN2O2. The average Bonchev–Trinajstić information content (AvgIpc) is 2.42. The minimum atomic E-state index is -0.261. The molecule has 0 spiro atoms. The van der Waals surface area contributed by atoms with E-state index in [2.05, 4.69) is 5.32 Å². The summed E-state index contributed by atoms with van der Waals surface area (Å²) < 4.78 is 24.1. The molecule has 5 heteroatoms. The molecule has 4 nitrogen and oxygen atoms in total. The van der Waals surface area contributed by atoms with Crippen LogP contribution in [-0.4, -0.2) is 13.2 Å². The zero-order chi connectivity index (χ0) is 14.1. The summed E-state index contributed by atoms with van der Waals surface area (Å²) >= 11 is 0. The van der Waals surface area contributed by atoms with Gasteiger partial charge in [0.2, 0.25) is 0 Å². The predicted molar refractivity (Wildman–Crippen MR) is 76.3 cm³/mol. The number of hydrogen-bond donors (Lipinski definition) is 2. The first-order chi connectivity index (χ1) is 9.63.